The van der Waals surface area contributed by atoms with E-state index in [1.165, 1.54) is 0 Å². The second-order valence-corrected chi connectivity index (χ2v) is 5.02. The average Bonchev–Trinajstić information content (AvgIpc) is 2.33. The van der Waals surface area contributed by atoms with Gasteiger partial charge in [-0.1, -0.05) is 19.8 Å². The van der Waals surface area contributed by atoms with Crippen molar-refractivity contribution in [3.8, 4) is 0 Å². The highest BCUT2D eigenvalue weighted by atomic mass is 19.4. The summed E-state index contributed by atoms with van der Waals surface area (Å²) >= 11 is 0. The third kappa shape index (κ3) is 6.05. The Morgan fingerprint density at radius 2 is 2.00 bits per heavy atom. The standard InChI is InChI=1S/C13H24F3NO/c1-2-3-8-18-9-7-17-12-6-4-5-11(10-12)13(14,15)16/h11-12,17H,2-10H2,1H3. The smallest absolute Gasteiger partial charge is 0.380 e. The molecule has 1 rings (SSSR count). The first-order valence-electron chi connectivity index (χ1n) is 6.92. The Balaban J connectivity index is 2.11. The van der Waals surface area contributed by atoms with Crippen LogP contribution in [0.1, 0.15) is 45.4 Å². The summed E-state index contributed by atoms with van der Waals surface area (Å²) in [6.07, 6.45) is 0.133. The number of rotatable bonds is 7. The van der Waals surface area contributed by atoms with E-state index < -0.39 is 12.1 Å². The maximum Gasteiger partial charge on any atom is 0.391 e. The summed E-state index contributed by atoms with van der Waals surface area (Å²) in [5.74, 6) is -1.12. The quantitative estimate of drug-likeness (QED) is 0.713. The van der Waals surface area contributed by atoms with Crippen LogP contribution in [0.5, 0.6) is 0 Å². The molecule has 0 bridgehead atoms. The van der Waals surface area contributed by atoms with Crippen molar-refractivity contribution in [2.45, 2.75) is 57.7 Å². The summed E-state index contributed by atoms with van der Waals surface area (Å²) < 4.78 is 43.1. The fourth-order valence-electron chi connectivity index (χ4n) is 2.36. The van der Waals surface area contributed by atoms with Crippen LogP contribution in [0.2, 0.25) is 0 Å². The van der Waals surface area contributed by atoms with Gasteiger partial charge in [-0.3, -0.25) is 0 Å². The van der Waals surface area contributed by atoms with Crippen molar-refractivity contribution in [2.24, 2.45) is 5.92 Å². The van der Waals surface area contributed by atoms with E-state index in [2.05, 4.69) is 12.2 Å². The van der Waals surface area contributed by atoms with Gasteiger partial charge in [-0.15, -0.1) is 0 Å². The van der Waals surface area contributed by atoms with E-state index in [1.54, 1.807) is 0 Å². The number of alkyl halides is 3. The van der Waals surface area contributed by atoms with Crippen molar-refractivity contribution in [1.82, 2.24) is 5.32 Å². The van der Waals surface area contributed by atoms with Crippen LogP contribution in [-0.2, 0) is 4.74 Å². The molecule has 5 heteroatoms. The highest BCUT2D eigenvalue weighted by molar-refractivity contribution is 4.81. The molecule has 2 nitrogen and oxygen atoms in total. The molecule has 0 saturated heterocycles. The molecule has 1 fully saturated rings. The molecule has 0 aromatic rings. The minimum absolute atomic E-state index is 0.000139. The van der Waals surface area contributed by atoms with E-state index in [1.807, 2.05) is 0 Å². The fourth-order valence-corrected chi connectivity index (χ4v) is 2.36. The third-order valence-corrected chi connectivity index (χ3v) is 3.46. The molecule has 0 heterocycles. The first kappa shape index (κ1) is 15.8. The SMILES string of the molecule is CCCCOCCNC1CCCC(C(F)(F)F)C1. The topological polar surface area (TPSA) is 21.3 Å². The van der Waals surface area contributed by atoms with Gasteiger partial charge in [0.05, 0.1) is 12.5 Å². The van der Waals surface area contributed by atoms with Crippen LogP contribution in [0.15, 0.2) is 0 Å². The van der Waals surface area contributed by atoms with Gasteiger partial charge in [-0.25, -0.2) is 0 Å². The molecule has 0 radical (unpaired) electrons. The lowest BCUT2D eigenvalue weighted by Crippen LogP contribution is -2.40. The van der Waals surface area contributed by atoms with Crippen LogP contribution < -0.4 is 5.32 Å². The van der Waals surface area contributed by atoms with E-state index >= 15 is 0 Å². The summed E-state index contributed by atoms with van der Waals surface area (Å²) in [5, 5.41) is 3.18. The zero-order chi connectivity index (χ0) is 13.4. The molecule has 2 atom stereocenters. The Morgan fingerprint density at radius 1 is 1.22 bits per heavy atom. The monoisotopic (exact) mass is 267 g/mol. The fraction of sp³-hybridized carbons (Fsp3) is 1.00. The molecule has 1 aliphatic rings. The first-order chi connectivity index (χ1) is 8.54. The first-order valence-corrected chi connectivity index (χ1v) is 6.92. The van der Waals surface area contributed by atoms with Crippen LogP contribution >= 0.6 is 0 Å². The molecule has 108 valence electrons. The number of hydrogen-bond acceptors (Lipinski definition) is 2. The Labute approximate surface area is 107 Å². The summed E-state index contributed by atoms with van der Waals surface area (Å²) in [5.41, 5.74) is 0. The summed E-state index contributed by atoms with van der Waals surface area (Å²) in [7, 11) is 0. The Hall–Kier alpha value is -0.290. The van der Waals surface area contributed by atoms with Crippen molar-refractivity contribution in [1.29, 1.82) is 0 Å². The second-order valence-electron chi connectivity index (χ2n) is 5.02. The predicted molar refractivity (Wildman–Crippen MR) is 65.5 cm³/mol. The van der Waals surface area contributed by atoms with Gasteiger partial charge in [-0.05, 0) is 25.7 Å². The molecule has 0 aromatic carbocycles. The number of unbranched alkanes of at least 4 members (excludes halogenated alkanes) is 1. The average molecular weight is 267 g/mol. The van der Waals surface area contributed by atoms with Gasteiger partial charge in [0.25, 0.3) is 0 Å². The highest BCUT2D eigenvalue weighted by Gasteiger charge is 2.41. The maximum absolute atomic E-state index is 12.6. The highest BCUT2D eigenvalue weighted by Crippen LogP contribution is 2.37. The van der Waals surface area contributed by atoms with Gasteiger partial charge in [0.15, 0.2) is 0 Å². The van der Waals surface area contributed by atoms with Crippen LogP contribution in [0.4, 0.5) is 13.2 Å². The lowest BCUT2D eigenvalue weighted by atomic mass is 9.85. The number of hydrogen-bond donors (Lipinski definition) is 1. The van der Waals surface area contributed by atoms with Crippen molar-refractivity contribution < 1.29 is 17.9 Å². The zero-order valence-electron chi connectivity index (χ0n) is 11.1. The molecule has 1 N–H and O–H groups in total. The largest absolute Gasteiger partial charge is 0.391 e. The molecule has 0 amide bonds. The molecule has 1 aliphatic carbocycles. The summed E-state index contributed by atoms with van der Waals surface area (Å²) in [4.78, 5) is 0. The molecule has 0 aromatic heterocycles. The molecule has 0 aliphatic heterocycles. The third-order valence-electron chi connectivity index (χ3n) is 3.46. The van der Waals surface area contributed by atoms with Crippen LogP contribution in [-0.4, -0.2) is 32.0 Å². The van der Waals surface area contributed by atoms with Gasteiger partial charge in [0, 0.05) is 19.2 Å². The lowest BCUT2D eigenvalue weighted by molar-refractivity contribution is -0.183. The van der Waals surface area contributed by atoms with Gasteiger partial charge in [0.2, 0.25) is 0 Å². The van der Waals surface area contributed by atoms with E-state index in [4.69, 9.17) is 4.74 Å². The van der Waals surface area contributed by atoms with Crippen molar-refractivity contribution in [3.63, 3.8) is 0 Å². The van der Waals surface area contributed by atoms with Crippen LogP contribution in [0, 0.1) is 5.92 Å². The van der Waals surface area contributed by atoms with E-state index in [0.29, 0.717) is 19.6 Å². The molecular weight excluding hydrogens is 243 g/mol. The Bertz CT molecular complexity index is 221. The number of ether oxygens (including phenoxy) is 1. The Morgan fingerprint density at radius 3 is 2.67 bits per heavy atom. The molecule has 2 unspecified atom stereocenters. The van der Waals surface area contributed by atoms with Crippen molar-refractivity contribution in [2.75, 3.05) is 19.8 Å². The van der Waals surface area contributed by atoms with Crippen LogP contribution in [0.25, 0.3) is 0 Å². The minimum Gasteiger partial charge on any atom is -0.380 e. The lowest BCUT2D eigenvalue weighted by Gasteiger charge is -2.31. The zero-order valence-corrected chi connectivity index (χ0v) is 11.1. The van der Waals surface area contributed by atoms with E-state index in [0.717, 1.165) is 25.9 Å². The minimum atomic E-state index is -4.03. The van der Waals surface area contributed by atoms with Gasteiger partial charge in [-0.2, -0.15) is 13.2 Å². The van der Waals surface area contributed by atoms with Gasteiger partial charge in [0.1, 0.15) is 0 Å². The summed E-state index contributed by atoms with van der Waals surface area (Å²) in [6, 6.07) is 0.000139. The summed E-state index contributed by atoms with van der Waals surface area (Å²) in [6.45, 7) is 4.08. The van der Waals surface area contributed by atoms with Crippen molar-refractivity contribution >= 4 is 0 Å². The predicted octanol–water partition coefficient (Wildman–Crippen LogP) is 3.51. The molecular formula is C13H24F3NO. The van der Waals surface area contributed by atoms with Crippen LogP contribution in [0.3, 0.4) is 0 Å². The molecule has 0 spiro atoms. The Kier molecular flexibility index (Phi) is 7.00. The van der Waals surface area contributed by atoms with E-state index in [-0.39, 0.29) is 18.9 Å². The maximum atomic E-state index is 12.6. The van der Waals surface area contributed by atoms with E-state index in [9.17, 15) is 13.2 Å². The van der Waals surface area contributed by atoms with Crippen molar-refractivity contribution in [3.05, 3.63) is 0 Å². The number of nitrogens with one attached hydrogen (secondary N) is 1. The second kappa shape index (κ2) is 8.00. The van der Waals surface area contributed by atoms with Gasteiger partial charge < -0.3 is 10.1 Å². The van der Waals surface area contributed by atoms with Gasteiger partial charge >= 0.3 is 6.18 Å². The normalized spacial score (nSPS) is 25.3. The number of halogens is 3. The molecule has 1 saturated carbocycles. The molecule has 18 heavy (non-hydrogen) atoms.